The van der Waals surface area contributed by atoms with Gasteiger partial charge in [-0.05, 0) is 26.4 Å². The van der Waals surface area contributed by atoms with E-state index in [0.717, 1.165) is 19.8 Å². The summed E-state index contributed by atoms with van der Waals surface area (Å²) in [5.74, 6) is 0. The minimum atomic E-state index is 0.463. The van der Waals surface area contributed by atoms with Crippen molar-refractivity contribution in [1.29, 1.82) is 0 Å². The van der Waals surface area contributed by atoms with Crippen molar-refractivity contribution in [2.75, 3.05) is 33.4 Å². The van der Waals surface area contributed by atoms with Crippen LogP contribution in [0.4, 0.5) is 0 Å². The van der Waals surface area contributed by atoms with Gasteiger partial charge in [0, 0.05) is 18.6 Å². The Hall–Kier alpha value is -0.0800. The van der Waals surface area contributed by atoms with Crippen LogP contribution in [-0.4, -0.2) is 38.3 Å². The van der Waals surface area contributed by atoms with E-state index in [0.29, 0.717) is 5.41 Å². The van der Waals surface area contributed by atoms with Crippen LogP contribution >= 0.6 is 0 Å². The van der Waals surface area contributed by atoms with Gasteiger partial charge in [-0.2, -0.15) is 0 Å². The van der Waals surface area contributed by atoms with E-state index in [1.54, 1.807) is 0 Å². The molecule has 1 fully saturated rings. The molecule has 1 atom stereocenters. The van der Waals surface area contributed by atoms with Crippen LogP contribution in [0.3, 0.4) is 0 Å². The molecule has 2 heteroatoms. The molecule has 0 radical (unpaired) electrons. The second-order valence-corrected chi connectivity index (χ2v) is 3.99. The summed E-state index contributed by atoms with van der Waals surface area (Å²) < 4.78 is 5.47. The monoisotopic (exact) mass is 231 g/mol. The Morgan fingerprint density at radius 3 is 2.00 bits per heavy atom. The van der Waals surface area contributed by atoms with Crippen molar-refractivity contribution in [2.45, 2.75) is 54.4 Å². The second-order valence-electron chi connectivity index (χ2n) is 3.99. The third-order valence-electron chi connectivity index (χ3n) is 3.08. The lowest BCUT2D eigenvalue weighted by Gasteiger charge is -2.30. The van der Waals surface area contributed by atoms with Crippen LogP contribution in [-0.2, 0) is 4.74 Å². The molecular formula is C14H33NO. The molecule has 0 aromatic carbocycles. The van der Waals surface area contributed by atoms with Gasteiger partial charge in [0.2, 0.25) is 0 Å². The van der Waals surface area contributed by atoms with Crippen LogP contribution in [0.25, 0.3) is 0 Å². The van der Waals surface area contributed by atoms with E-state index in [4.69, 9.17) is 4.74 Å². The van der Waals surface area contributed by atoms with E-state index < -0.39 is 0 Å². The van der Waals surface area contributed by atoms with Gasteiger partial charge in [0.05, 0.1) is 6.61 Å². The highest BCUT2D eigenvalue weighted by Gasteiger charge is 2.33. The lowest BCUT2D eigenvalue weighted by atomic mass is 9.84. The summed E-state index contributed by atoms with van der Waals surface area (Å²) in [6.07, 6.45) is 2.49. The van der Waals surface area contributed by atoms with Crippen LogP contribution in [0.5, 0.6) is 0 Å². The van der Waals surface area contributed by atoms with Gasteiger partial charge in [-0.1, -0.05) is 41.5 Å². The highest BCUT2D eigenvalue weighted by Crippen LogP contribution is 2.32. The van der Waals surface area contributed by atoms with E-state index in [-0.39, 0.29) is 0 Å². The van der Waals surface area contributed by atoms with Crippen LogP contribution < -0.4 is 0 Å². The Balaban J connectivity index is 0. The molecule has 1 aliphatic heterocycles. The second kappa shape index (κ2) is 11.4. The Morgan fingerprint density at radius 1 is 1.12 bits per heavy atom. The SMILES string of the molecule is CC.CC.CCN(C)CC1(CC)CCOC1. The minimum Gasteiger partial charge on any atom is -0.381 e. The fraction of sp³-hybridized carbons (Fsp3) is 1.00. The van der Waals surface area contributed by atoms with Crippen LogP contribution in [0.1, 0.15) is 54.4 Å². The average Bonchev–Trinajstić information content (AvgIpc) is 2.83. The van der Waals surface area contributed by atoms with Crippen molar-refractivity contribution < 1.29 is 4.74 Å². The van der Waals surface area contributed by atoms with Crippen molar-refractivity contribution in [3.05, 3.63) is 0 Å². The van der Waals surface area contributed by atoms with Crippen molar-refractivity contribution in [2.24, 2.45) is 5.41 Å². The summed E-state index contributed by atoms with van der Waals surface area (Å²) in [4.78, 5) is 2.39. The molecule has 0 aromatic rings. The number of rotatable bonds is 4. The van der Waals surface area contributed by atoms with E-state index in [2.05, 4.69) is 25.8 Å². The summed E-state index contributed by atoms with van der Waals surface area (Å²) in [5.41, 5.74) is 0.463. The first-order valence-electron chi connectivity index (χ1n) is 6.99. The maximum Gasteiger partial charge on any atom is 0.0535 e. The van der Waals surface area contributed by atoms with Gasteiger partial charge in [-0.3, -0.25) is 0 Å². The van der Waals surface area contributed by atoms with Crippen molar-refractivity contribution >= 4 is 0 Å². The normalized spacial score (nSPS) is 23.2. The molecule has 0 spiro atoms. The number of hydrogen-bond acceptors (Lipinski definition) is 2. The Bertz CT molecular complexity index is 131. The molecule has 0 aliphatic carbocycles. The Labute approximate surface area is 103 Å². The van der Waals surface area contributed by atoms with E-state index in [1.807, 2.05) is 27.7 Å². The van der Waals surface area contributed by atoms with Crippen molar-refractivity contribution in [1.82, 2.24) is 4.90 Å². The predicted molar refractivity (Wildman–Crippen MR) is 74.0 cm³/mol. The summed E-state index contributed by atoms with van der Waals surface area (Å²) in [5, 5.41) is 0. The Morgan fingerprint density at radius 2 is 1.69 bits per heavy atom. The number of nitrogens with zero attached hydrogens (tertiary/aromatic N) is 1. The summed E-state index contributed by atoms with van der Waals surface area (Å²) in [6, 6.07) is 0. The van der Waals surface area contributed by atoms with Gasteiger partial charge in [-0.25, -0.2) is 0 Å². The maximum atomic E-state index is 5.47. The smallest absolute Gasteiger partial charge is 0.0535 e. The molecule has 1 heterocycles. The van der Waals surface area contributed by atoms with Gasteiger partial charge in [0.25, 0.3) is 0 Å². The molecule has 2 nitrogen and oxygen atoms in total. The fourth-order valence-electron chi connectivity index (χ4n) is 1.85. The van der Waals surface area contributed by atoms with Gasteiger partial charge in [0.15, 0.2) is 0 Å². The van der Waals surface area contributed by atoms with E-state index in [1.165, 1.54) is 19.4 Å². The Kier molecular flexibility index (Phi) is 13.0. The standard InChI is InChI=1S/C10H21NO.2C2H6/c1-4-10(6-7-12-9-10)8-11(3)5-2;2*1-2/h4-9H2,1-3H3;2*1-2H3. The third kappa shape index (κ3) is 6.49. The molecular weight excluding hydrogens is 198 g/mol. The summed E-state index contributed by atoms with van der Waals surface area (Å²) >= 11 is 0. The van der Waals surface area contributed by atoms with Crippen LogP contribution in [0.2, 0.25) is 0 Å². The minimum absolute atomic E-state index is 0.463. The topological polar surface area (TPSA) is 12.5 Å². The van der Waals surface area contributed by atoms with Crippen LogP contribution in [0, 0.1) is 5.41 Å². The van der Waals surface area contributed by atoms with Gasteiger partial charge in [0.1, 0.15) is 0 Å². The lowest BCUT2D eigenvalue weighted by Crippen LogP contribution is -2.35. The number of hydrogen-bond donors (Lipinski definition) is 0. The first kappa shape index (κ1) is 18.3. The molecule has 0 bridgehead atoms. The zero-order valence-corrected chi connectivity index (χ0v) is 12.6. The molecule has 0 amide bonds. The molecule has 1 rings (SSSR count). The zero-order valence-electron chi connectivity index (χ0n) is 12.6. The highest BCUT2D eigenvalue weighted by molar-refractivity contribution is 4.84. The van der Waals surface area contributed by atoms with Crippen molar-refractivity contribution in [3.8, 4) is 0 Å². The molecule has 1 aliphatic rings. The van der Waals surface area contributed by atoms with Gasteiger partial charge >= 0.3 is 0 Å². The molecule has 100 valence electrons. The maximum absolute atomic E-state index is 5.47. The quantitative estimate of drug-likeness (QED) is 0.729. The lowest BCUT2D eigenvalue weighted by molar-refractivity contribution is 0.119. The third-order valence-corrected chi connectivity index (χ3v) is 3.08. The molecule has 0 saturated carbocycles. The largest absolute Gasteiger partial charge is 0.381 e. The first-order chi connectivity index (χ1) is 7.72. The zero-order chi connectivity index (χ0) is 13.0. The molecule has 1 unspecified atom stereocenters. The summed E-state index contributed by atoms with van der Waals surface area (Å²) in [7, 11) is 2.19. The fourth-order valence-corrected chi connectivity index (χ4v) is 1.85. The molecule has 16 heavy (non-hydrogen) atoms. The van der Waals surface area contributed by atoms with Crippen LogP contribution in [0.15, 0.2) is 0 Å². The number of ether oxygens (including phenoxy) is 1. The van der Waals surface area contributed by atoms with Crippen molar-refractivity contribution in [3.63, 3.8) is 0 Å². The van der Waals surface area contributed by atoms with E-state index >= 15 is 0 Å². The molecule has 0 aromatic heterocycles. The first-order valence-corrected chi connectivity index (χ1v) is 6.99. The summed E-state index contributed by atoms with van der Waals surface area (Å²) in [6.45, 7) is 16.7. The van der Waals surface area contributed by atoms with E-state index in [9.17, 15) is 0 Å². The van der Waals surface area contributed by atoms with Gasteiger partial charge in [-0.15, -0.1) is 0 Å². The van der Waals surface area contributed by atoms with Gasteiger partial charge < -0.3 is 9.64 Å². The molecule has 0 N–H and O–H groups in total. The average molecular weight is 231 g/mol. The molecule has 1 saturated heterocycles. The predicted octanol–water partition coefficient (Wildman–Crippen LogP) is 3.81. The highest BCUT2D eigenvalue weighted by atomic mass is 16.5.